The molecule has 0 spiro atoms. The highest BCUT2D eigenvalue weighted by atomic mass is 16.5. The molecule has 0 saturated carbocycles. The molecule has 17 heavy (non-hydrogen) atoms. The van der Waals surface area contributed by atoms with E-state index in [-0.39, 0.29) is 17.6 Å². The van der Waals surface area contributed by atoms with E-state index in [2.05, 4.69) is 31.2 Å². The van der Waals surface area contributed by atoms with Crippen molar-refractivity contribution in [3.63, 3.8) is 0 Å². The quantitative estimate of drug-likeness (QED) is 0.592. The second-order valence-electron chi connectivity index (χ2n) is 5.45. The molecule has 0 amide bonds. The van der Waals surface area contributed by atoms with Gasteiger partial charge in [0, 0.05) is 33.0 Å². The van der Waals surface area contributed by atoms with E-state index in [1.165, 1.54) is 0 Å². The maximum Gasteiger partial charge on any atom is 0.110 e. The van der Waals surface area contributed by atoms with Crippen LogP contribution < -0.4 is 11.3 Å². The van der Waals surface area contributed by atoms with Gasteiger partial charge in [-0.25, -0.2) is 4.98 Å². The number of nitrogens with one attached hydrogen (secondary N) is 1. The molecule has 0 fully saturated rings. The van der Waals surface area contributed by atoms with E-state index in [0.717, 1.165) is 12.2 Å². The number of hydrogen-bond donors (Lipinski definition) is 2. The Kier molecular flexibility index (Phi) is 4.68. The smallest absolute Gasteiger partial charge is 0.110 e. The standard InChI is InChI=1S/C12H24N4O/c1-12(2,3)11(17-5)9(15-13)8-10-14-6-7-16(10)4/h6-7,9,11,15H,8,13H2,1-5H3. The minimum Gasteiger partial charge on any atom is -0.379 e. The first-order valence-corrected chi connectivity index (χ1v) is 5.85. The van der Waals surface area contributed by atoms with Gasteiger partial charge in [0.05, 0.1) is 12.1 Å². The molecule has 0 bridgehead atoms. The van der Waals surface area contributed by atoms with Gasteiger partial charge in [0.1, 0.15) is 5.82 Å². The number of nitrogens with two attached hydrogens (primary N) is 1. The SMILES string of the molecule is COC(C(Cc1nccn1C)NN)C(C)(C)C. The number of hydrogen-bond acceptors (Lipinski definition) is 4. The van der Waals surface area contributed by atoms with Crippen LogP contribution in [0.3, 0.4) is 0 Å². The summed E-state index contributed by atoms with van der Waals surface area (Å²) in [6.07, 6.45) is 4.50. The van der Waals surface area contributed by atoms with Gasteiger partial charge in [-0.1, -0.05) is 20.8 Å². The Balaban J connectivity index is 2.81. The van der Waals surface area contributed by atoms with Crippen molar-refractivity contribution < 1.29 is 4.74 Å². The van der Waals surface area contributed by atoms with Crippen molar-refractivity contribution in [1.29, 1.82) is 0 Å². The number of methoxy groups -OCH3 is 1. The van der Waals surface area contributed by atoms with Crippen LogP contribution >= 0.6 is 0 Å². The molecule has 2 atom stereocenters. The third kappa shape index (κ3) is 3.52. The van der Waals surface area contributed by atoms with Crippen molar-refractivity contribution in [3.8, 4) is 0 Å². The van der Waals surface area contributed by atoms with Crippen molar-refractivity contribution >= 4 is 0 Å². The lowest BCUT2D eigenvalue weighted by Gasteiger charge is -2.35. The van der Waals surface area contributed by atoms with Crippen LogP contribution in [0.25, 0.3) is 0 Å². The third-order valence-electron chi connectivity index (χ3n) is 3.01. The summed E-state index contributed by atoms with van der Waals surface area (Å²) in [4.78, 5) is 4.31. The van der Waals surface area contributed by atoms with Crippen LogP contribution in [0.15, 0.2) is 12.4 Å². The number of ether oxygens (including phenoxy) is 1. The second-order valence-corrected chi connectivity index (χ2v) is 5.45. The van der Waals surface area contributed by atoms with Crippen molar-refractivity contribution in [3.05, 3.63) is 18.2 Å². The maximum atomic E-state index is 5.65. The molecule has 1 aromatic heterocycles. The van der Waals surface area contributed by atoms with Crippen molar-refractivity contribution in [2.75, 3.05) is 7.11 Å². The topological polar surface area (TPSA) is 65.1 Å². The molecule has 0 radical (unpaired) electrons. The molecule has 5 heteroatoms. The summed E-state index contributed by atoms with van der Waals surface area (Å²) < 4.78 is 7.58. The Morgan fingerprint density at radius 2 is 2.18 bits per heavy atom. The van der Waals surface area contributed by atoms with Gasteiger partial charge in [-0.05, 0) is 5.41 Å². The summed E-state index contributed by atoms with van der Waals surface area (Å²) in [6.45, 7) is 6.43. The number of imidazole rings is 1. The second kappa shape index (κ2) is 5.62. The van der Waals surface area contributed by atoms with Gasteiger partial charge in [0.15, 0.2) is 0 Å². The first kappa shape index (κ1) is 14.2. The molecule has 0 aliphatic heterocycles. The minimum atomic E-state index is 0.0248. The van der Waals surface area contributed by atoms with Gasteiger partial charge in [0.2, 0.25) is 0 Å². The Labute approximate surface area is 103 Å². The normalized spacial score (nSPS) is 15.9. The summed E-state index contributed by atoms with van der Waals surface area (Å²) >= 11 is 0. The molecular formula is C12H24N4O. The Morgan fingerprint density at radius 3 is 2.53 bits per heavy atom. The highest BCUT2D eigenvalue weighted by molar-refractivity contribution is 4.98. The molecule has 0 aliphatic carbocycles. The van der Waals surface area contributed by atoms with Crippen LogP contribution in [0.4, 0.5) is 0 Å². The van der Waals surface area contributed by atoms with Gasteiger partial charge in [-0.2, -0.15) is 0 Å². The number of rotatable bonds is 5. The van der Waals surface area contributed by atoms with Crippen LogP contribution in [0.2, 0.25) is 0 Å². The predicted molar refractivity (Wildman–Crippen MR) is 68.3 cm³/mol. The third-order valence-corrected chi connectivity index (χ3v) is 3.01. The zero-order valence-electron chi connectivity index (χ0n) is 11.4. The molecule has 1 aromatic rings. The monoisotopic (exact) mass is 240 g/mol. The van der Waals surface area contributed by atoms with Crippen LogP contribution in [-0.2, 0) is 18.2 Å². The van der Waals surface area contributed by atoms with E-state index < -0.39 is 0 Å². The number of nitrogens with zero attached hydrogens (tertiary/aromatic N) is 2. The molecule has 5 nitrogen and oxygen atoms in total. The zero-order chi connectivity index (χ0) is 13.1. The van der Waals surface area contributed by atoms with Crippen LogP contribution in [0.1, 0.15) is 26.6 Å². The van der Waals surface area contributed by atoms with E-state index >= 15 is 0 Å². The van der Waals surface area contributed by atoms with Crippen LogP contribution in [-0.4, -0.2) is 28.8 Å². The van der Waals surface area contributed by atoms with Crippen molar-refractivity contribution in [2.45, 2.75) is 39.3 Å². The van der Waals surface area contributed by atoms with Crippen LogP contribution in [0.5, 0.6) is 0 Å². The van der Waals surface area contributed by atoms with E-state index in [4.69, 9.17) is 10.6 Å². The first-order chi connectivity index (χ1) is 7.90. The number of aromatic nitrogens is 2. The molecule has 1 heterocycles. The number of aryl methyl sites for hydroxylation is 1. The molecule has 3 N–H and O–H groups in total. The highest BCUT2D eigenvalue weighted by Gasteiger charge is 2.32. The zero-order valence-corrected chi connectivity index (χ0v) is 11.4. The fraction of sp³-hybridized carbons (Fsp3) is 0.750. The summed E-state index contributed by atoms with van der Waals surface area (Å²) in [5.74, 6) is 6.64. The summed E-state index contributed by atoms with van der Waals surface area (Å²) in [5.41, 5.74) is 2.87. The summed E-state index contributed by atoms with van der Waals surface area (Å²) in [6, 6.07) is 0.0427. The van der Waals surface area contributed by atoms with Gasteiger partial charge in [-0.3, -0.25) is 11.3 Å². The van der Waals surface area contributed by atoms with E-state index in [0.29, 0.717) is 0 Å². The Bertz CT molecular complexity index is 343. The average molecular weight is 240 g/mol. The predicted octanol–water partition coefficient (Wildman–Crippen LogP) is 0.856. The van der Waals surface area contributed by atoms with Crippen molar-refractivity contribution in [2.24, 2.45) is 18.3 Å². The van der Waals surface area contributed by atoms with Gasteiger partial charge >= 0.3 is 0 Å². The molecule has 0 aromatic carbocycles. The first-order valence-electron chi connectivity index (χ1n) is 5.85. The lowest BCUT2D eigenvalue weighted by atomic mass is 9.83. The molecule has 98 valence electrons. The molecule has 0 aliphatic rings. The summed E-state index contributed by atoms with van der Waals surface area (Å²) in [5, 5.41) is 0. The lowest BCUT2D eigenvalue weighted by Crippen LogP contribution is -2.51. The molecule has 0 saturated heterocycles. The average Bonchev–Trinajstić information content (AvgIpc) is 2.62. The lowest BCUT2D eigenvalue weighted by molar-refractivity contribution is -0.0116. The molecular weight excluding hydrogens is 216 g/mol. The fourth-order valence-electron chi connectivity index (χ4n) is 2.16. The van der Waals surface area contributed by atoms with E-state index in [1.807, 2.05) is 17.8 Å². The largest absolute Gasteiger partial charge is 0.379 e. The van der Waals surface area contributed by atoms with E-state index in [1.54, 1.807) is 13.3 Å². The molecule has 2 unspecified atom stereocenters. The number of hydrazine groups is 1. The summed E-state index contributed by atoms with van der Waals surface area (Å²) in [7, 11) is 3.70. The van der Waals surface area contributed by atoms with Gasteiger partial charge in [-0.15, -0.1) is 0 Å². The maximum absolute atomic E-state index is 5.65. The van der Waals surface area contributed by atoms with Gasteiger partial charge in [0.25, 0.3) is 0 Å². The minimum absolute atomic E-state index is 0.0248. The Hall–Kier alpha value is -0.910. The van der Waals surface area contributed by atoms with Gasteiger partial charge < -0.3 is 9.30 Å². The molecule has 1 rings (SSSR count). The highest BCUT2D eigenvalue weighted by Crippen LogP contribution is 2.25. The van der Waals surface area contributed by atoms with E-state index in [9.17, 15) is 0 Å². The fourth-order valence-corrected chi connectivity index (χ4v) is 2.16. The van der Waals surface area contributed by atoms with Crippen molar-refractivity contribution in [1.82, 2.24) is 15.0 Å². The Morgan fingerprint density at radius 1 is 1.53 bits per heavy atom. The van der Waals surface area contributed by atoms with Crippen LogP contribution in [0, 0.1) is 5.41 Å².